The van der Waals surface area contributed by atoms with Crippen LogP contribution in [-0.2, 0) is 7.05 Å². The minimum atomic E-state index is -0.362. The van der Waals surface area contributed by atoms with Gasteiger partial charge in [0.1, 0.15) is 5.69 Å². The maximum Gasteiger partial charge on any atom is 0.259 e. The van der Waals surface area contributed by atoms with Gasteiger partial charge in [-0.1, -0.05) is 35.5 Å². The fourth-order valence-electron chi connectivity index (χ4n) is 2.22. The fourth-order valence-corrected chi connectivity index (χ4v) is 2.22. The molecule has 0 atom stereocenters. The molecule has 3 rings (SSSR count). The zero-order chi connectivity index (χ0) is 16.4. The number of carbonyl (C=O) groups excluding carboxylic acids is 1. The van der Waals surface area contributed by atoms with Crippen LogP contribution in [0.2, 0.25) is 0 Å². The monoisotopic (exact) mass is 309 g/mol. The van der Waals surface area contributed by atoms with Crippen molar-refractivity contribution in [2.75, 3.05) is 5.32 Å². The molecule has 0 spiro atoms. The molecule has 0 saturated carbocycles. The van der Waals surface area contributed by atoms with E-state index in [9.17, 15) is 9.59 Å². The van der Waals surface area contributed by atoms with Gasteiger partial charge in [0.2, 0.25) is 11.4 Å². The number of benzene rings is 1. The molecule has 1 aromatic carbocycles. The molecular formula is C17H15N3O3. The molecule has 1 N–H and O–H groups in total. The molecule has 0 unspecified atom stereocenters. The molecule has 0 aliphatic rings. The number of nitrogens with one attached hydrogen (secondary N) is 1. The van der Waals surface area contributed by atoms with Crippen molar-refractivity contribution in [3.63, 3.8) is 0 Å². The lowest BCUT2D eigenvalue weighted by Crippen LogP contribution is -2.19. The molecule has 23 heavy (non-hydrogen) atoms. The summed E-state index contributed by atoms with van der Waals surface area (Å²) in [6.45, 7) is 1.83. The second kappa shape index (κ2) is 5.92. The Bertz CT molecular complexity index is 910. The Hall–Kier alpha value is -3.15. The predicted octanol–water partition coefficient (Wildman–Crippen LogP) is 2.60. The van der Waals surface area contributed by atoms with Crippen molar-refractivity contribution in [2.24, 2.45) is 7.05 Å². The lowest BCUT2D eigenvalue weighted by Gasteiger charge is -2.04. The van der Waals surface area contributed by atoms with Crippen LogP contribution in [0.4, 0.5) is 5.88 Å². The Morgan fingerprint density at radius 2 is 1.91 bits per heavy atom. The third-order valence-electron chi connectivity index (χ3n) is 3.55. The molecule has 6 heteroatoms. The summed E-state index contributed by atoms with van der Waals surface area (Å²) >= 11 is 0. The molecule has 0 saturated heterocycles. The first-order valence-electron chi connectivity index (χ1n) is 7.06. The molecule has 116 valence electrons. The highest BCUT2D eigenvalue weighted by molar-refractivity contribution is 6.03. The van der Waals surface area contributed by atoms with Gasteiger partial charge in [-0.3, -0.25) is 14.9 Å². The minimum absolute atomic E-state index is 0.177. The van der Waals surface area contributed by atoms with Gasteiger partial charge >= 0.3 is 0 Å². The summed E-state index contributed by atoms with van der Waals surface area (Å²) in [7, 11) is 1.59. The Kier molecular flexibility index (Phi) is 3.80. The van der Waals surface area contributed by atoms with Crippen molar-refractivity contribution < 1.29 is 9.32 Å². The van der Waals surface area contributed by atoms with Crippen molar-refractivity contribution >= 4 is 11.8 Å². The molecular weight excluding hydrogens is 294 g/mol. The minimum Gasteiger partial charge on any atom is -0.338 e. The van der Waals surface area contributed by atoms with E-state index in [1.807, 2.05) is 37.3 Å². The number of carbonyl (C=O) groups is 1. The zero-order valence-corrected chi connectivity index (χ0v) is 12.7. The van der Waals surface area contributed by atoms with E-state index in [1.54, 1.807) is 7.05 Å². The number of pyridine rings is 1. The first-order valence-corrected chi connectivity index (χ1v) is 7.06. The topological polar surface area (TPSA) is 77.1 Å². The Morgan fingerprint density at radius 3 is 2.61 bits per heavy atom. The third-order valence-corrected chi connectivity index (χ3v) is 3.55. The number of rotatable bonds is 3. The van der Waals surface area contributed by atoms with Crippen LogP contribution in [-0.4, -0.2) is 15.6 Å². The molecule has 3 aromatic rings. The molecule has 0 bridgehead atoms. The highest BCUT2D eigenvalue weighted by Gasteiger charge is 2.16. The van der Waals surface area contributed by atoms with E-state index in [0.29, 0.717) is 17.1 Å². The number of aryl methyl sites for hydroxylation is 1. The maximum absolute atomic E-state index is 12.3. The van der Waals surface area contributed by atoms with Crippen LogP contribution in [0.15, 0.2) is 58.0 Å². The van der Waals surface area contributed by atoms with Crippen molar-refractivity contribution in [3.05, 3.63) is 70.1 Å². The van der Waals surface area contributed by atoms with Gasteiger partial charge in [-0.05, 0) is 13.0 Å². The molecule has 2 aromatic heterocycles. The molecule has 0 radical (unpaired) electrons. The number of hydrogen-bond donors (Lipinski definition) is 1. The van der Waals surface area contributed by atoms with E-state index >= 15 is 0 Å². The lowest BCUT2D eigenvalue weighted by molar-refractivity contribution is 0.102. The van der Waals surface area contributed by atoms with Crippen molar-refractivity contribution in [1.82, 2.24) is 9.72 Å². The number of aromatic nitrogens is 2. The quantitative estimate of drug-likeness (QED) is 0.806. The van der Waals surface area contributed by atoms with Crippen molar-refractivity contribution in [2.45, 2.75) is 6.92 Å². The summed E-state index contributed by atoms with van der Waals surface area (Å²) in [5.41, 5.74) is 2.53. The van der Waals surface area contributed by atoms with E-state index in [4.69, 9.17) is 4.52 Å². The Labute approximate surface area is 132 Å². The predicted molar refractivity (Wildman–Crippen MR) is 86.3 cm³/mol. The van der Waals surface area contributed by atoms with Crippen LogP contribution in [0.1, 0.15) is 15.9 Å². The number of hydrogen-bond acceptors (Lipinski definition) is 4. The third kappa shape index (κ3) is 2.91. The largest absolute Gasteiger partial charge is 0.338 e. The van der Waals surface area contributed by atoms with Gasteiger partial charge in [-0.2, -0.15) is 0 Å². The standard InChI is InChI=1S/C17H15N3O3/c1-11-15(12-6-4-3-5-7-12)19-23-17(11)18-16(22)13-8-9-14(21)20(2)10-13/h3-10H,1-2H3,(H,18,22). The lowest BCUT2D eigenvalue weighted by atomic mass is 10.1. The van der Waals surface area contributed by atoms with E-state index in [-0.39, 0.29) is 11.5 Å². The molecule has 1 amide bonds. The number of nitrogens with zero attached hydrogens (tertiary/aromatic N) is 2. The molecule has 6 nitrogen and oxygen atoms in total. The molecule has 2 heterocycles. The normalized spacial score (nSPS) is 10.5. The summed E-state index contributed by atoms with van der Waals surface area (Å²) in [4.78, 5) is 23.6. The molecule has 0 fully saturated rings. The SMILES string of the molecule is Cc1c(-c2ccccc2)noc1NC(=O)c1ccc(=O)n(C)c1. The second-order valence-corrected chi connectivity index (χ2v) is 5.17. The summed E-state index contributed by atoms with van der Waals surface area (Å²) in [6, 6.07) is 12.4. The van der Waals surface area contributed by atoms with Crippen LogP contribution in [0, 0.1) is 6.92 Å². The summed E-state index contributed by atoms with van der Waals surface area (Å²) in [5, 5.41) is 6.70. The summed E-state index contributed by atoms with van der Waals surface area (Å²) in [6.07, 6.45) is 1.47. The zero-order valence-electron chi connectivity index (χ0n) is 12.7. The van der Waals surface area contributed by atoms with Gasteiger partial charge in [0.15, 0.2) is 0 Å². The van der Waals surface area contributed by atoms with Gasteiger partial charge in [0.05, 0.1) is 5.56 Å². The Morgan fingerprint density at radius 1 is 1.17 bits per heavy atom. The van der Waals surface area contributed by atoms with Crippen LogP contribution in [0.25, 0.3) is 11.3 Å². The average molecular weight is 309 g/mol. The smallest absolute Gasteiger partial charge is 0.259 e. The fraction of sp³-hybridized carbons (Fsp3) is 0.118. The van der Waals surface area contributed by atoms with Gasteiger partial charge < -0.3 is 9.09 Å². The van der Waals surface area contributed by atoms with Gasteiger partial charge in [-0.25, -0.2) is 0 Å². The maximum atomic E-state index is 12.3. The molecule has 0 aliphatic heterocycles. The highest BCUT2D eigenvalue weighted by Crippen LogP contribution is 2.27. The van der Waals surface area contributed by atoms with Crippen LogP contribution in [0.3, 0.4) is 0 Å². The van der Waals surface area contributed by atoms with E-state index in [2.05, 4.69) is 10.5 Å². The van der Waals surface area contributed by atoms with Gasteiger partial charge in [0.25, 0.3) is 5.91 Å². The summed E-state index contributed by atoms with van der Waals surface area (Å²) in [5.74, 6) is -0.0674. The highest BCUT2D eigenvalue weighted by atomic mass is 16.5. The molecule has 0 aliphatic carbocycles. The van der Waals surface area contributed by atoms with Gasteiger partial charge in [-0.15, -0.1) is 0 Å². The Balaban J connectivity index is 1.86. The number of anilines is 1. The first kappa shape index (κ1) is 14.8. The average Bonchev–Trinajstić information content (AvgIpc) is 2.92. The van der Waals surface area contributed by atoms with Crippen molar-refractivity contribution in [1.29, 1.82) is 0 Å². The van der Waals surface area contributed by atoms with E-state index in [0.717, 1.165) is 11.1 Å². The van der Waals surface area contributed by atoms with E-state index < -0.39 is 0 Å². The van der Waals surface area contributed by atoms with Crippen LogP contribution < -0.4 is 10.9 Å². The van der Waals surface area contributed by atoms with Crippen LogP contribution >= 0.6 is 0 Å². The van der Waals surface area contributed by atoms with Crippen LogP contribution in [0.5, 0.6) is 0 Å². The number of amides is 1. The second-order valence-electron chi connectivity index (χ2n) is 5.17. The first-order chi connectivity index (χ1) is 11.1. The van der Waals surface area contributed by atoms with E-state index in [1.165, 1.54) is 22.9 Å². The summed E-state index contributed by atoms with van der Waals surface area (Å²) < 4.78 is 6.59. The van der Waals surface area contributed by atoms with Crippen molar-refractivity contribution in [3.8, 4) is 11.3 Å². The van der Waals surface area contributed by atoms with Gasteiger partial charge in [0, 0.05) is 30.4 Å².